The normalized spacial score (nSPS) is 14.7. The van der Waals surface area contributed by atoms with Crippen molar-refractivity contribution in [2.75, 3.05) is 20.8 Å². The van der Waals surface area contributed by atoms with Crippen molar-refractivity contribution in [3.63, 3.8) is 0 Å². The molecule has 0 unspecified atom stereocenters. The van der Waals surface area contributed by atoms with Crippen molar-refractivity contribution < 1.29 is 23.8 Å². The lowest BCUT2D eigenvalue weighted by molar-refractivity contribution is -0.142. The average Bonchev–Trinajstić information content (AvgIpc) is 2.87. The van der Waals surface area contributed by atoms with Crippen LogP contribution in [0, 0.1) is 0 Å². The number of halogens is 2. The second-order valence-electron chi connectivity index (χ2n) is 8.58. The van der Waals surface area contributed by atoms with Crippen LogP contribution in [0.15, 0.2) is 36.4 Å². The van der Waals surface area contributed by atoms with Crippen LogP contribution in [0.3, 0.4) is 0 Å². The second kappa shape index (κ2) is 12.9. The predicted octanol–water partition coefficient (Wildman–Crippen LogP) is 5.26. The van der Waals surface area contributed by atoms with Crippen molar-refractivity contribution in [2.45, 2.75) is 57.7 Å². The molecule has 7 nitrogen and oxygen atoms in total. The van der Waals surface area contributed by atoms with E-state index < -0.39 is 6.04 Å². The number of nitrogens with zero attached hydrogens (tertiary/aromatic N) is 1. The summed E-state index contributed by atoms with van der Waals surface area (Å²) < 4.78 is 16.3. The molecule has 2 amide bonds. The van der Waals surface area contributed by atoms with E-state index in [2.05, 4.69) is 5.32 Å². The number of carbonyl (C=O) groups excluding carboxylic acids is 2. The third kappa shape index (κ3) is 7.42. The van der Waals surface area contributed by atoms with Crippen molar-refractivity contribution in [1.82, 2.24) is 10.2 Å². The van der Waals surface area contributed by atoms with E-state index in [-0.39, 0.29) is 31.0 Å². The van der Waals surface area contributed by atoms with Gasteiger partial charge in [-0.15, -0.1) is 0 Å². The van der Waals surface area contributed by atoms with E-state index in [0.29, 0.717) is 32.9 Å². The third-order valence-corrected chi connectivity index (χ3v) is 6.90. The fourth-order valence-electron chi connectivity index (χ4n) is 4.10. The molecule has 1 saturated carbocycles. The molecule has 0 aliphatic heterocycles. The molecule has 1 fully saturated rings. The molecule has 1 atom stereocenters. The quantitative estimate of drug-likeness (QED) is 0.460. The van der Waals surface area contributed by atoms with Gasteiger partial charge in [-0.3, -0.25) is 9.59 Å². The van der Waals surface area contributed by atoms with Gasteiger partial charge in [0.25, 0.3) is 5.91 Å². The van der Waals surface area contributed by atoms with E-state index in [4.69, 9.17) is 37.4 Å². The summed E-state index contributed by atoms with van der Waals surface area (Å²) in [6.07, 6.45) is 5.26. The lowest BCUT2D eigenvalue weighted by Crippen LogP contribution is -2.51. The maximum atomic E-state index is 13.4. The first-order valence-corrected chi connectivity index (χ1v) is 12.5. The molecule has 0 heterocycles. The minimum Gasteiger partial charge on any atom is -0.496 e. The first kappa shape index (κ1) is 27.0. The smallest absolute Gasteiger partial charge is 0.261 e. The van der Waals surface area contributed by atoms with Gasteiger partial charge in [0.05, 0.1) is 14.2 Å². The highest BCUT2D eigenvalue weighted by Gasteiger charge is 2.29. The van der Waals surface area contributed by atoms with Gasteiger partial charge in [-0.2, -0.15) is 0 Å². The highest BCUT2D eigenvalue weighted by Crippen LogP contribution is 2.29. The lowest BCUT2D eigenvalue weighted by Gasteiger charge is -2.31. The monoisotopic (exact) mass is 522 g/mol. The van der Waals surface area contributed by atoms with Gasteiger partial charge in [0.1, 0.15) is 23.3 Å². The number of amides is 2. The molecular formula is C26H32Cl2N2O5. The molecule has 0 saturated heterocycles. The van der Waals surface area contributed by atoms with Crippen molar-refractivity contribution in [3.8, 4) is 17.2 Å². The van der Waals surface area contributed by atoms with E-state index >= 15 is 0 Å². The van der Waals surface area contributed by atoms with Crippen LogP contribution in [-0.4, -0.2) is 49.6 Å². The van der Waals surface area contributed by atoms with Gasteiger partial charge in [-0.25, -0.2) is 0 Å². The van der Waals surface area contributed by atoms with Gasteiger partial charge >= 0.3 is 0 Å². The molecular weight excluding hydrogens is 491 g/mol. The number of methoxy groups -OCH3 is 2. The summed E-state index contributed by atoms with van der Waals surface area (Å²) in [4.78, 5) is 27.9. The maximum absolute atomic E-state index is 13.4. The molecule has 2 aromatic rings. The number of hydrogen-bond donors (Lipinski definition) is 1. The number of rotatable bonds is 10. The Bertz CT molecular complexity index is 984. The average molecular weight is 523 g/mol. The van der Waals surface area contributed by atoms with Gasteiger partial charge < -0.3 is 24.4 Å². The van der Waals surface area contributed by atoms with Gasteiger partial charge in [-0.1, -0.05) is 48.5 Å². The standard InChI is InChI=1S/C26H32Cl2N2O5/c1-17(26(32)29-18-8-5-4-6-9-18)30(15-22-23(27)10-7-11-24(22)28)25(31)16-35-21-13-19(33-2)12-20(14-21)34-3/h7,10-14,17-18H,4-6,8-9,15-16H2,1-3H3,(H,29,32)/t17-/m1/s1. The van der Waals surface area contributed by atoms with Crippen molar-refractivity contribution in [3.05, 3.63) is 52.0 Å². The van der Waals surface area contributed by atoms with Crippen molar-refractivity contribution >= 4 is 35.0 Å². The molecule has 1 aliphatic carbocycles. The molecule has 1 aliphatic rings. The Morgan fingerprint density at radius 1 is 1.00 bits per heavy atom. The summed E-state index contributed by atoms with van der Waals surface area (Å²) in [5.41, 5.74) is 0.574. The molecule has 35 heavy (non-hydrogen) atoms. The van der Waals surface area contributed by atoms with Gasteiger partial charge in [0.2, 0.25) is 5.91 Å². The van der Waals surface area contributed by atoms with Crippen LogP contribution < -0.4 is 19.5 Å². The van der Waals surface area contributed by atoms with Gasteiger partial charge in [0.15, 0.2) is 6.61 Å². The molecule has 0 aromatic heterocycles. The van der Waals surface area contributed by atoms with Crippen LogP contribution >= 0.6 is 23.2 Å². The predicted molar refractivity (Wildman–Crippen MR) is 137 cm³/mol. The SMILES string of the molecule is COc1cc(OC)cc(OCC(=O)N(Cc2c(Cl)cccc2Cl)[C@H](C)C(=O)NC2CCCCC2)c1. The van der Waals surface area contributed by atoms with E-state index in [1.54, 1.807) is 43.3 Å². The van der Waals surface area contributed by atoms with Crippen LogP contribution in [-0.2, 0) is 16.1 Å². The summed E-state index contributed by atoms with van der Waals surface area (Å²) >= 11 is 12.8. The van der Waals surface area contributed by atoms with Crippen LogP contribution in [0.2, 0.25) is 10.0 Å². The summed E-state index contributed by atoms with van der Waals surface area (Å²) in [6.45, 7) is 1.48. The number of carbonyl (C=O) groups is 2. The Labute approximate surface area is 216 Å². The highest BCUT2D eigenvalue weighted by atomic mass is 35.5. The molecule has 190 valence electrons. The molecule has 0 bridgehead atoms. The molecule has 0 radical (unpaired) electrons. The van der Waals surface area contributed by atoms with Crippen molar-refractivity contribution in [2.24, 2.45) is 0 Å². The van der Waals surface area contributed by atoms with Crippen LogP contribution in [0.1, 0.15) is 44.6 Å². The first-order chi connectivity index (χ1) is 16.8. The van der Waals surface area contributed by atoms with E-state index in [9.17, 15) is 9.59 Å². The molecule has 3 rings (SSSR count). The highest BCUT2D eigenvalue weighted by molar-refractivity contribution is 6.36. The topological polar surface area (TPSA) is 77.1 Å². The number of hydrogen-bond acceptors (Lipinski definition) is 5. The zero-order valence-electron chi connectivity index (χ0n) is 20.3. The third-order valence-electron chi connectivity index (χ3n) is 6.20. The zero-order valence-corrected chi connectivity index (χ0v) is 21.8. The van der Waals surface area contributed by atoms with Crippen molar-refractivity contribution in [1.29, 1.82) is 0 Å². The number of ether oxygens (including phenoxy) is 3. The second-order valence-corrected chi connectivity index (χ2v) is 9.39. The molecule has 9 heteroatoms. The van der Waals surface area contributed by atoms with Crippen LogP contribution in [0.4, 0.5) is 0 Å². The van der Waals surface area contributed by atoms with Gasteiger partial charge in [0, 0.05) is 46.4 Å². The van der Waals surface area contributed by atoms with E-state index in [1.807, 2.05) is 0 Å². The molecule has 1 N–H and O–H groups in total. The summed E-state index contributed by atoms with van der Waals surface area (Å²) in [5.74, 6) is 0.883. The largest absolute Gasteiger partial charge is 0.496 e. The fraction of sp³-hybridized carbons (Fsp3) is 0.462. The summed E-state index contributed by atoms with van der Waals surface area (Å²) in [5, 5.41) is 3.95. The van der Waals surface area contributed by atoms with Crippen LogP contribution in [0.5, 0.6) is 17.2 Å². The van der Waals surface area contributed by atoms with Gasteiger partial charge in [-0.05, 0) is 31.9 Å². The Morgan fingerprint density at radius 3 is 2.14 bits per heavy atom. The first-order valence-electron chi connectivity index (χ1n) is 11.7. The maximum Gasteiger partial charge on any atom is 0.261 e. The zero-order chi connectivity index (χ0) is 25.4. The lowest BCUT2D eigenvalue weighted by atomic mass is 9.95. The van der Waals surface area contributed by atoms with E-state index in [1.165, 1.54) is 25.5 Å². The molecule has 0 spiro atoms. The Kier molecular flexibility index (Phi) is 9.93. The Morgan fingerprint density at radius 2 is 1.57 bits per heavy atom. The Balaban J connectivity index is 1.78. The number of benzene rings is 2. The molecule has 2 aromatic carbocycles. The number of nitrogens with one attached hydrogen (secondary N) is 1. The fourth-order valence-corrected chi connectivity index (χ4v) is 4.61. The summed E-state index contributed by atoms with van der Waals surface area (Å²) in [7, 11) is 3.07. The van der Waals surface area contributed by atoms with Crippen LogP contribution in [0.25, 0.3) is 0 Å². The minimum absolute atomic E-state index is 0.0708. The Hall–Kier alpha value is -2.64. The minimum atomic E-state index is -0.750. The van der Waals surface area contributed by atoms with E-state index in [0.717, 1.165) is 25.7 Å². The summed E-state index contributed by atoms with van der Waals surface area (Å²) in [6, 6.07) is 9.54.